The third-order valence-electron chi connectivity index (χ3n) is 2.43. The van der Waals surface area contributed by atoms with Gasteiger partial charge in [0.25, 0.3) is 5.69 Å². The van der Waals surface area contributed by atoms with E-state index in [4.69, 9.17) is 0 Å². The predicted octanol–water partition coefficient (Wildman–Crippen LogP) is 2.76. The highest BCUT2D eigenvalue weighted by Gasteiger charge is 2.11. The van der Waals surface area contributed by atoms with Gasteiger partial charge in [-0.2, -0.15) is 5.10 Å². The lowest BCUT2D eigenvalue weighted by molar-refractivity contribution is -0.384. The van der Waals surface area contributed by atoms with Crippen LogP contribution >= 0.6 is 0 Å². The zero-order valence-corrected chi connectivity index (χ0v) is 9.75. The summed E-state index contributed by atoms with van der Waals surface area (Å²) in [4.78, 5) is 13.4. The first-order valence-electron chi connectivity index (χ1n) is 5.36. The van der Waals surface area contributed by atoms with E-state index >= 15 is 0 Å². The minimum Gasteiger partial charge on any atom is -0.360 e. The van der Waals surface area contributed by atoms with Crippen molar-refractivity contribution in [2.24, 2.45) is 5.10 Å². The summed E-state index contributed by atoms with van der Waals surface area (Å²) in [7, 11) is 0. The maximum Gasteiger partial charge on any atom is 0.294 e. The van der Waals surface area contributed by atoms with Gasteiger partial charge >= 0.3 is 0 Å². The molecule has 0 aliphatic heterocycles. The molecule has 0 radical (unpaired) electrons. The zero-order chi connectivity index (χ0) is 13.0. The van der Waals surface area contributed by atoms with Crippen LogP contribution in [-0.2, 0) is 0 Å². The molecule has 0 aliphatic carbocycles. The Hall–Kier alpha value is -2.63. The summed E-state index contributed by atoms with van der Waals surface area (Å²) in [5, 5.41) is 14.9. The van der Waals surface area contributed by atoms with E-state index in [0.717, 1.165) is 11.4 Å². The Morgan fingerprint density at radius 2 is 2.11 bits per heavy atom. The van der Waals surface area contributed by atoms with Gasteiger partial charge in [-0.1, -0.05) is 12.1 Å². The van der Waals surface area contributed by atoms with Crippen molar-refractivity contribution in [3.63, 3.8) is 0 Å². The molecule has 1 heterocycles. The Morgan fingerprint density at radius 3 is 2.78 bits per heavy atom. The van der Waals surface area contributed by atoms with Gasteiger partial charge in [0, 0.05) is 12.3 Å². The number of nitrogens with one attached hydrogen (secondary N) is 2. The normalized spacial score (nSPS) is 11.3. The van der Waals surface area contributed by atoms with E-state index in [1.165, 1.54) is 6.07 Å². The van der Waals surface area contributed by atoms with Crippen molar-refractivity contribution in [2.75, 3.05) is 5.43 Å². The van der Waals surface area contributed by atoms with E-state index in [1.807, 2.05) is 19.1 Å². The Balaban J connectivity index is 2.20. The average Bonchev–Trinajstić information content (AvgIpc) is 2.90. The van der Waals surface area contributed by atoms with Crippen molar-refractivity contribution in [1.82, 2.24) is 4.98 Å². The lowest BCUT2D eigenvalue weighted by atomic mass is 10.3. The zero-order valence-electron chi connectivity index (χ0n) is 9.75. The lowest BCUT2D eigenvalue weighted by Crippen LogP contribution is -2.01. The van der Waals surface area contributed by atoms with Crippen molar-refractivity contribution in [3.8, 4) is 0 Å². The predicted molar refractivity (Wildman–Crippen MR) is 69.7 cm³/mol. The van der Waals surface area contributed by atoms with Crippen molar-refractivity contribution in [1.29, 1.82) is 0 Å². The topological polar surface area (TPSA) is 83.3 Å². The maximum atomic E-state index is 10.8. The smallest absolute Gasteiger partial charge is 0.294 e. The van der Waals surface area contributed by atoms with E-state index < -0.39 is 4.92 Å². The summed E-state index contributed by atoms with van der Waals surface area (Å²) in [5.41, 5.74) is 4.66. The highest BCUT2D eigenvalue weighted by atomic mass is 16.6. The number of hydrogen-bond acceptors (Lipinski definition) is 4. The quantitative estimate of drug-likeness (QED) is 0.492. The molecule has 0 saturated carbocycles. The number of hydrogen-bond donors (Lipinski definition) is 2. The van der Waals surface area contributed by atoms with Gasteiger partial charge in [-0.15, -0.1) is 0 Å². The molecule has 6 nitrogen and oxygen atoms in total. The first-order valence-corrected chi connectivity index (χ1v) is 5.36. The van der Waals surface area contributed by atoms with Gasteiger partial charge in [0.15, 0.2) is 0 Å². The van der Waals surface area contributed by atoms with Crippen LogP contribution < -0.4 is 5.43 Å². The molecule has 2 aromatic rings. The van der Waals surface area contributed by atoms with E-state index in [9.17, 15) is 10.1 Å². The minimum absolute atomic E-state index is 0.000496. The van der Waals surface area contributed by atoms with Gasteiger partial charge in [0.05, 0.1) is 16.3 Å². The Morgan fingerprint density at radius 1 is 1.33 bits per heavy atom. The van der Waals surface area contributed by atoms with Gasteiger partial charge in [-0.25, -0.2) is 0 Å². The molecule has 0 spiro atoms. The molecule has 0 atom stereocenters. The molecular weight excluding hydrogens is 232 g/mol. The number of anilines is 1. The number of hydrazone groups is 1. The first kappa shape index (κ1) is 11.8. The molecule has 0 aliphatic rings. The number of para-hydroxylation sites is 2. The summed E-state index contributed by atoms with van der Waals surface area (Å²) in [5.74, 6) is 0. The number of aromatic amines is 1. The summed E-state index contributed by atoms with van der Waals surface area (Å²) in [6, 6.07) is 10.1. The van der Waals surface area contributed by atoms with Crippen LogP contribution in [0.15, 0.2) is 47.7 Å². The van der Waals surface area contributed by atoms with Gasteiger partial charge in [-0.3, -0.25) is 15.5 Å². The number of aromatic nitrogens is 1. The highest BCUT2D eigenvalue weighted by Crippen LogP contribution is 2.23. The molecule has 1 aromatic heterocycles. The molecule has 2 N–H and O–H groups in total. The van der Waals surface area contributed by atoms with E-state index in [1.54, 1.807) is 24.4 Å². The number of benzene rings is 1. The Bertz CT molecular complexity index is 576. The van der Waals surface area contributed by atoms with Crippen molar-refractivity contribution in [2.45, 2.75) is 6.92 Å². The van der Waals surface area contributed by atoms with Crippen molar-refractivity contribution < 1.29 is 4.92 Å². The van der Waals surface area contributed by atoms with Gasteiger partial charge in [0.1, 0.15) is 5.69 Å². The number of rotatable bonds is 4. The van der Waals surface area contributed by atoms with Crippen LogP contribution in [0.1, 0.15) is 12.6 Å². The average molecular weight is 244 g/mol. The number of nitro benzene ring substituents is 1. The van der Waals surface area contributed by atoms with Crippen LogP contribution in [0, 0.1) is 10.1 Å². The molecular formula is C12H12N4O2. The molecule has 18 heavy (non-hydrogen) atoms. The minimum atomic E-state index is -0.443. The molecule has 1 aromatic carbocycles. The maximum absolute atomic E-state index is 10.8. The second kappa shape index (κ2) is 5.13. The molecule has 2 rings (SSSR count). The van der Waals surface area contributed by atoms with Gasteiger partial charge in [-0.05, 0) is 25.1 Å². The third kappa shape index (κ3) is 2.54. The van der Waals surface area contributed by atoms with Crippen LogP contribution in [-0.4, -0.2) is 15.6 Å². The second-order valence-electron chi connectivity index (χ2n) is 3.67. The molecule has 0 saturated heterocycles. The fourth-order valence-electron chi connectivity index (χ4n) is 1.49. The largest absolute Gasteiger partial charge is 0.360 e. The number of H-pyrrole nitrogens is 1. The van der Waals surface area contributed by atoms with Crippen LogP contribution in [0.4, 0.5) is 11.4 Å². The molecule has 0 unspecified atom stereocenters. The van der Waals surface area contributed by atoms with Crippen LogP contribution in [0.3, 0.4) is 0 Å². The van der Waals surface area contributed by atoms with Crippen LogP contribution in [0.5, 0.6) is 0 Å². The Labute approximate surface area is 103 Å². The SMILES string of the molecule is C/C(=N\Nc1ccccc1[N+](=O)[O-])c1ccc[nH]1. The molecule has 0 amide bonds. The standard InChI is InChI=1S/C12H12N4O2/c1-9(10-6-4-8-13-10)14-15-11-5-2-3-7-12(11)16(17)18/h2-8,13,15H,1H3/b14-9+. The number of nitrogens with zero attached hydrogens (tertiary/aromatic N) is 2. The number of nitro groups is 1. The van der Waals surface area contributed by atoms with E-state index in [-0.39, 0.29) is 5.69 Å². The monoisotopic (exact) mass is 244 g/mol. The summed E-state index contributed by atoms with van der Waals surface area (Å²) in [6.45, 7) is 1.81. The summed E-state index contributed by atoms with van der Waals surface area (Å²) < 4.78 is 0. The highest BCUT2D eigenvalue weighted by molar-refractivity contribution is 5.97. The van der Waals surface area contributed by atoms with E-state index in [2.05, 4.69) is 15.5 Å². The molecule has 92 valence electrons. The van der Waals surface area contributed by atoms with Crippen LogP contribution in [0.2, 0.25) is 0 Å². The first-order chi connectivity index (χ1) is 8.68. The van der Waals surface area contributed by atoms with Gasteiger partial charge in [0.2, 0.25) is 0 Å². The third-order valence-corrected chi connectivity index (χ3v) is 2.43. The van der Waals surface area contributed by atoms with E-state index in [0.29, 0.717) is 5.69 Å². The molecule has 6 heteroatoms. The molecule has 0 fully saturated rings. The molecule has 0 bridgehead atoms. The summed E-state index contributed by atoms with van der Waals surface area (Å²) >= 11 is 0. The Kier molecular flexibility index (Phi) is 3.38. The second-order valence-corrected chi connectivity index (χ2v) is 3.67. The lowest BCUT2D eigenvalue weighted by Gasteiger charge is -2.03. The van der Waals surface area contributed by atoms with Crippen LogP contribution in [0.25, 0.3) is 0 Å². The van der Waals surface area contributed by atoms with Crippen molar-refractivity contribution in [3.05, 3.63) is 58.4 Å². The van der Waals surface area contributed by atoms with Gasteiger partial charge < -0.3 is 4.98 Å². The fourth-order valence-corrected chi connectivity index (χ4v) is 1.49. The fraction of sp³-hybridized carbons (Fsp3) is 0.0833. The summed E-state index contributed by atoms with van der Waals surface area (Å²) in [6.07, 6.45) is 1.79. The van der Waals surface area contributed by atoms with Crippen molar-refractivity contribution >= 4 is 17.1 Å².